The van der Waals surface area contributed by atoms with Gasteiger partial charge in [0.05, 0.1) is 16.8 Å². The van der Waals surface area contributed by atoms with Crippen LogP contribution < -0.4 is 20.5 Å². The molecule has 180 valence electrons. The number of aryl methyl sites for hydroxylation is 1. The molecule has 0 fully saturated rings. The van der Waals surface area contributed by atoms with E-state index in [-0.39, 0.29) is 11.6 Å². The maximum atomic E-state index is 13.2. The normalized spacial score (nSPS) is 12.7. The molecule has 2 aromatic carbocycles. The number of ether oxygens (including phenoxy) is 2. The van der Waals surface area contributed by atoms with Crippen molar-refractivity contribution >= 4 is 22.5 Å². The van der Waals surface area contributed by atoms with Gasteiger partial charge in [-0.05, 0) is 48.9 Å². The highest BCUT2D eigenvalue weighted by Crippen LogP contribution is 2.35. The van der Waals surface area contributed by atoms with Gasteiger partial charge in [0.25, 0.3) is 5.91 Å². The number of amides is 1. The second kappa shape index (κ2) is 9.18. The lowest BCUT2D eigenvalue weighted by atomic mass is 10.0. The largest absolute Gasteiger partial charge is 0.486 e. The van der Waals surface area contributed by atoms with Crippen molar-refractivity contribution in [3.05, 3.63) is 89.0 Å². The first-order valence-electron chi connectivity index (χ1n) is 11.8. The summed E-state index contributed by atoms with van der Waals surface area (Å²) in [5.74, 6) is 1.17. The molecule has 0 aliphatic carbocycles. The zero-order valence-corrected chi connectivity index (χ0v) is 19.4. The van der Waals surface area contributed by atoms with Crippen LogP contribution in [0.4, 0.5) is 0 Å². The van der Waals surface area contributed by atoms with E-state index in [9.17, 15) is 9.59 Å². The van der Waals surface area contributed by atoms with Crippen LogP contribution in [0.25, 0.3) is 27.8 Å². The quantitative estimate of drug-likeness (QED) is 0.374. The fourth-order valence-electron chi connectivity index (χ4n) is 4.35. The van der Waals surface area contributed by atoms with Gasteiger partial charge in [-0.2, -0.15) is 0 Å². The summed E-state index contributed by atoms with van der Waals surface area (Å²) in [5.41, 5.74) is 3.18. The van der Waals surface area contributed by atoms with Gasteiger partial charge in [0.2, 0.25) is 0 Å². The first-order chi connectivity index (χ1) is 17.7. The molecule has 0 bridgehead atoms. The molecule has 0 saturated carbocycles. The summed E-state index contributed by atoms with van der Waals surface area (Å²) in [5, 5.41) is 8.08. The van der Waals surface area contributed by atoms with Crippen molar-refractivity contribution in [2.24, 2.45) is 0 Å². The summed E-state index contributed by atoms with van der Waals surface area (Å²) in [6, 6.07) is 20.5. The van der Waals surface area contributed by atoms with E-state index in [4.69, 9.17) is 14.5 Å². The van der Waals surface area contributed by atoms with E-state index in [0.717, 1.165) is 16.5 Å². The number of aromatic nitrogens is 4. The summed E-state index contributed by atoms with van der Waals surface area (Å²) >= 11 is 0. The third-order valence-electron chi connectivity index (χ3n) is 6.12. The summed E-state index contributed by atoms with van der Waals surface area (Å²) in [6.07, 6.45) is 2.25. The number of carbonyl (C=O) groups is 1. The number of rotatable bonds is 6. The highest BCUT2D eigenvalue weighted by atomic mass is 16.6. The standard InChI is InChI=1S/C27H23N5O4/c33-26(28-11-5-13-32-27(34)31-12-4-3-8-25(31)30-32)20-17-22(29-21-7-2-1-6-19(20)21)18-9-10-23-24(16-18)36-15-14-35-23/h1-4,6-10,12,16-17H,5,11,13-15H2,(H,28,33). The molecule has 9 heteroatoms. The SMILES string of the molecule is O=C(NCCCn1nc2ccccn2c1=O)c1cc(-c2ccc3c(c2)OCCO3)nc2ccccc12. The van der Waals surface area contributed by atoms with Gasteiger partial charge in [-0.3, -0.25) is 9.20 Å². The van der Waals surface area contributed by atoms with E-state index in [0.29, 0.717) is 61.1 Å². The average molecular weight is 482 g/mol. The summed E-state index contributed by atoms with van der Waals surface area (Å²) in [4.78, 5) is 30.4. The van der Waals surface area contributed by atoms with Gasteiger partial charge in [-0.15, -0.1) is 5.10 Å². The summed E-state index contributed by atoms with van der Waals surface area (Å²) in [6.45, 7) is 1.82. The van der Waals surface area contributed by atoms with Gasteiger partial charge in [0.1, 0.15) is 13.2 Å². The molecule has 3 aromatic heterocycles. The molecule has 0 spiro atoms. The Balaban J connectivity index is 1.22. The Labute approximate surface area is 205 Å². The van der Waals surface area contributed by atoms with Gasteiger partial charge in [0.15, 0.2) is 17.1 Å². The van der Waals surface area contributed by atoms with Crippen LogP contribution >= 0.6 is 0 Å². The first-order valence-corrected chi connectivity index (χ1v) is 11.8. The topological polar surface area (TPSA) is 99.8 Å². The first kappa shape index (κ1) is 21.8. The number of hydrogen-bond acceptors (Lipinski definition) is 6. The van der Waals surface area contributed by atoms with Crippen molar-refractivity contribution in [3.8, 4) is 22.8 Å². The average Bonchev–Trinajstić information content (AvgIpc) is 3.25. The van der Waals surface area contributed by atoms with Gasteiger partial charge in [-0.25, -0.2) is 14.5 Å². The van der Waals surface area contributed by atoms with Crippen LogP contribution in [0.1, 0.15) is 16.8 Å². The molecule has 1 amide bonds. The van der Waals surface area contributed by atoms with Gasteiger partial charge >= 0.3 is 5.69 Å². The lowest BCUT2D eigenvalue weighted by Gasteiger charge is -2.19. The Hall–Kier alpha value is -4.66. The van der Waals surface area contributed by atoms with E-state index in [1.807, 2.05) is 48.5 Å². The van der Waals surface area contributed by atoms with Crippen LogP contribution in [0.15, 0.2) is 77.7 Å². The van der Waals surface area contributed by atoms with Crippen molar-refractivity contribution in [2.75, 3.05) is 19.8 Å². The molecular formula is C27H23N5O4. The summed E-state index contributed by atoms with van der Waals surface area (Å²) < 4.78 is 14.3. The van der Waals surface area contributed by atoms with Gasteiger partial charge in [0, 0.05) is 30.2 Å². The van der Waals surface area contributed by atoms with Crippen molar-refractivity contribution in [1.82, 2.24) is 24.5 Å². The highest BCUT2D eigenvalue weighted by Gasteiger charge is 2.17. The zero-order valence-electron chi connectivity index (χ0n) is 19.4. The van der Waals surface area contributed by atoms with Crippen LogP contribution in [0, 0.1) is 0 Å². The monoisotopic (exact) mass is 481 g/mol. The fraction of sp³-hybridized carbons (Fsp3) is 0.185. The van der Waals surface area contributed by atoms with Crippen molar-refractivity contribution in [2.45, 2.75) is 13.0 Å². The lowest BCUT2D eigenvalue weighted by Crippen LogP contribution is -2.27. The fourth-order valence-corrected chi connectivity index (χ4v) is 4.35. The third-order valence-corrected chi connectivity index (χ3v) is 6.12. The molecular weight excluding hydrogens is 458 g/mol. The van der Waals surface area contributed by atoms with Gasteiger partial charge in [-0.1, -0.05) is 24.3 Å². The molecule has 0 saturated heterocycles. The van der Waals surface area contributed by atoms with Crippen LogP contribution in [0.5, 0.6) is 11.5 Å². The van der Waals surface area contributed by atoms with Crippen molar-refractivity contribution in [1.29, 1.82) is 0 Å². The van der Waals surface area contributed by atoms with Crippen LogP contribution in [-0.2, 0) is 6.54 Å². The second-order valence-electron chi connectivity index (χ2n) is 8.47. The molecule has 6 rings (SSSR count). The molecule has 0 atom stereocenters. The minimum atomic E-state index is -0.199. The van der Waals surface area contributed by atoms with Crippen molar-refractivity contribution < 1.29 is 14.3 Å². The minimum Gasteiger partial charge on any atom is -0.486 e. The Morgan fingerprint density at radius 3 is 2.69 bits per heavy atom. The Morgan fingerprint density at radius 2 is 1.81 bits per heavy atom. The molecule has 5 aromatic rings. The Bertz CT molecular complexity index is 1660. The molecule has 4 heterocycles. The molecule has 36 heavy (non-hydrogen) atoms. The molecule has 1 N–H and O–H groups in total. The minimum absolute atomic E-state index is 0.193. The number of para-hydroxylation sites is 1. The third kappa shape index (κ3) is 4.04. The van der Waals surface area contributed by atoms with E-state index in [1.54, 1.807) is 24.4 Å². The second-order valence-corrected chi connectivity index (χ2v) is 8.47. The predicted octanol–water partition coefficient (Wildman–Crippen LogP) is 3.30. The molecule has 1 aliphatic heterocycles. The molecule has 1 aliphatic rings. The number of pyridine rings is 2. The number of hydrogen-bond donors (Lipinski definition) is 1. The van der Waals surface area contributed by atoms with E-state index >= 15 is 0 Å². The van der Waals surface area contributed by atoms with Crippen LogP contribution in [0.3, 0.4) is 0 Å². The zero-order chi connectivity index (χ0) is 24.5. The Morgan fingerprint density at radius 1 is 0.972 bits per heavy atom. The smallest absolute Gasteiger partial charge is 0.350 e. The number of nitrogens with one attached hydrogen (secondary N) is 1. The highest BCUT2D eigenvalue weighted by molar-refractivity contribution is 6.07. The maximum absolute atomic E-state index is 13.2. The lowest BCUT2D eigenvalue weighted by molar-refractivity contribution is 0.0954. The van der Waals surface area contributed by atoms with E-state index < -0.39 is 0 Å². The predicted molar refractivity (Wildman–Crippen MR) is 135 cm³/mol. The number of carbonyl (C=O) groups excluding carboxylic acids is 1. The number of fused-ring (bicyclic) bond motifs is 3. The van der Waals surface area contributed by atoms with E-state index in [1.165, 1.54) is 9.08 Å². The van der Waals surface area contributed by atoms with Crippen LogP contribution in [-0.4, -0.2) is 44.8 Å². The molecule has 9 nitrogen and oxygen atoms in total. The summed E-state index contributed by atoms with van der Waals surface area (Å²) in [7, 11) is 0. The van der Waals surface area contributed by atoms with Crippen molar-refractivity contribution in [3.63, 3.8) is 0 Å². The molecule has 0 radical (unpaired) electrons. The van der Waals surface area contributed by atoms with E-state index in [2.05, 4.69) is 10.4 Å². The van der Waals surface area contributed by atoms with Gasteiger partial charge < -0.3 is 14.8 Å². The number of nitrogens with zero attached hydrogens (tertiary/aromatic N) is 4. The Kier molecular flexibility index (Phi) is 5.57. The maximum Gasteiger partial charge on any atom is 0.350 e. The van der Waals surface area contributed by atoms with Crippen LogP contribution in [0.2, 0.25) is 0 Å². The number of benzene rings is 2. The molecule has 0 unspecified atom stereocenters.